The SMILES string of the molecule is CCCSc1cc2cccnc2s1. The Morgan fingerprint density at radius 3 is 3.23 bits per heavy atom. The number of thioether (sulfide) groups is 1. The average molecular weight is 209 g/mol. The fraction of sp³-hybridized carbons (Fsp3) is 0.300. The van der Waals surface area contributed by atoms with Crippen molar-refractivity contribution in [2.45, 2.75) is 17.6 Å². The summed E-state index contributed by atoms with van der Waals surface area (Å²) in [6.45, 7) is 2.21. The molecule has 0 unspecified atom stereocenters. The molecule has 0 aliphatic heterocycles. The number of thiophene rings is 1. The number of rotatable bonds is 3. The van der Waals surface area contributed by atoms with Gasteiger partial charge in [-0.1, -0.05) is 13.0 Å². The minimum Gasteiger partial charge on any atom is -0.245 e. The Labute approximate surface area is 86.2 Å². The zero-order chi connectivity index (χ0) is 9.10. The van der Waals surface area contributed by atoms with Gasteiger partial charge in [0, 0.05) is 11.6 Å². The van der Waals surface area contributed by atoms with E-state index in [4.69, 9.17) is 0 Å². The number of hydrogen-bond donors (Lipinski definition) is 0. The van der Waals surface area contributed by atoms with Crippen LogP contribution in [0.2, 0.25) is 0 Å². The van der Waals surface area contributed by atoms with Crippen molar-refractivity contribution in [2.75, 3.05) is 5.75 Å². The summed E-state index contributed by atoms with van der Waals surface area (Å²) in [5.74, 6) is 1.20. The second-order valence-corrected chi connectivity index (χ2v) is 5.24. The summed E-state index contributed by atoms with van der Waals surface area (Å²) in [5.41, 5.74) is 0. The van der Waals surface area contributed by atoms with E-state index in [9.17, 15) is 0 Å². The Bertz CT molecular complexity index is 361. The maximum Gasteiger partial charge on any atom is 0.124 e. The van der Waals surface area contributed by atoms with Crippen LogP contribution in [-0.2, 0) is 0 Å². The Hall–Kier alpha value is -0.540. The van der Waals surface area contributed by atoms with Crippen molar-refractivity contribution in [3.05, 3.63) is 24.4 Å². The van der Waals surface area contributed by atoms with E-state index in [1.165, 1.54) is 21.8 Å². The lowest BCUT2D eigenvalue weighted by Gasteiger charge is -1.90. The molecule has 0 aliphatic rings. The highest BCUT2D eigenvalue weighted by molar-refractivity contribution is 8.01. The maximum absolute atomic E-state index is 4.32. The Kier molecular flexibility index (Phi) is 2.86. The van der Waals surface area contributed by atoms with Crippen molar-refractivity contribution in [2.24, 2.45) is 0 Å². The molecular formula is C10H11NS2. The van der Waals surface area contributed by atoms with Gasteiger partial charge in [-0.25, -0.2) is 4.98 Å². The van der Waals surface area contributed by atoms with Gasteiger partial charge in [0.25, 0.3) is 0 Å². The van der Waals surface area contributed by atoms with Crippen LogP contribution in [0.3, 0.4) is 0 Å². The van der Waals surface area contributed by atoms with Gasteiger partial charge < -0.3 is 0 Å². The first-order valence-electron chi connectivity index (χ1n) is 4.37. The largest absolute Gasteiger partial charge is 0.245 e. The zero-order valence-electron chi connectivity index (χ0n) is 7.49. The molecule has 0 amide bonds. The molecule has 0 saturated heterocycles. The van der Waals surface area contributed by atoms with Crippen LogP contribution in [0.5, 0.6) is 0 Å². The molecule has 0 N–H and O–H groups in total. The molecule has 0 aliphatic carbocycles. The Morgan fingerprint density at radius 1 is 1.54 bits per heavy atom. The predicted octanol–water partition coefficient (Wildman–Crippen LogP) is 3.80. The summed E-state index contributed by atoms with van der Waals surface area (Å²) in [4.78, 5) is 5.47. The van der Waals surface area contributed by atoms with Crippen LogP contribution in [0.4, 0.5) is 0 Å². The summed E-state index contributed by atoms with van der Waals surface area (Å²) in [6.07, 6.45) is 3.08. The smallest absolute Gasteiger partial charge is 0.124 e. The third kappa shape index (κ3) is 2.03. The third-order valence-corrected chi connectivity index (χ3v) is 4.19. The predicted molar refractivity (Wildman–Crippen MR) is 60.6 cm³/mol. The molecule has 0 aromatic carbocycles. The van der Waals surface area contributed by atoms with Gasteiger partial charge in [0.05, 0.1) is 4.21 Å². The van der Waals surface area contributed by atoms with E-state index in [1.54, 1.807) is 11.3 Å². The fourth-order valence-corrected chi connectivity index (χ4v) is 3.20. The average Bonchev–Trinajstić information content (AvgIpc) is 2.57. The van der Waals surface area contributed by atoms with Gasteiger partial charge in [-0.2, -0.15) is 0 Å². The number of pyridine rings is 1. The van der Waals surface area contributed by atoms with E-state index in [1.807, 2.05) is 24.0 Å². The maximum atomic E-state index is 4.32. The van der Waals surface area contributed by atoms with E-state index < -0.39 is 0 Å². The Balaban J connectivity index is 2.28. The van der Waals surface area contributed by atoms with Gasteiger partial charge in [-0.3, -0.25) is 0 Å². The van der Waals surface area contributed by atoms with Crippen molar-refractivity contribution >= 4 is 33.3 Å². The van der Waals surface area contributed by atoms with Gasteiger partial charge in [0.15, 0.2) is 0 Å². The summed E-state index contributed by atoms with van der Waals surface area (Å²) >= 11 is 3.71. The minimum absolute atomic E-state index is 1.15. The van der Waals surface area contributed by atoms with E-state index in [-0.39, 0.29) is 0 Å². The van der Waals surface area contributed by atoms with E-state index in [0.29, 0.717) is 0 Å². The molecule has 0 fully saturated rings. The summed E-state index contributed by atoms with van der Waals surface area (Å²) in [6, 6.07) is 6.34. The first kappa shape index (κ1) is 9.03. The molecule has 68 valence electrons. The first-order chi connectivity index (χ1) is 6.40. The van der Waals surface area contributed by atoms with Crippen LogP contribution in [0.1, 0.15) is 13.3 Å². The third-order valence-electron chi connectivity index (χ3n) is 1.72. The highest BCUT2D eigenvalue weighted by Gasteiger charge is 2.01. The molecule has 2 heterocycles. The van der Waals surface area contributed by atoms with Gasteiger partial charge >= 0.3 is 0 Å². The molecule has 0 bridgehead atoms. The minimum atomic E-state index is 1.15. The van der Waals surface area contributed by atoms with Crippen LogP contribution in [-0.4, -0.2) is 10.7 Å². The molecule has 0 spiro atoms. The van der Waals surface area contributed by atoms with Gasteiger partial charge in [0.2, 0.25) is 0 Å². The molecule has 0 atom stereocenters. The molecule has 2 aromatic rings. The number of nitrogens with zero attached hydrogens (tertiary/aromatic N) is 1. The van der Waals surface area contributed by atoms with E-state index >= 15 is 0 Å². The molecular weight excluding hydrogens is 198 g/mol. The van der Waals surface area contributed by atoms with Gasteiger partial charge in [-0.05, 0) is 24.3 Å². The fourth-order valence-electron chi connectivity index (χ4n) is 1.12. The topological polar surface area (TPSA) is 12.9 Å². The van der Waals surface area contributed by atoms with E-state index in [0.717, 1.165) is 4.83 Å². The lowest BCUT2D eigenvalue weighted by molar-refractivity contribution is 1.11. The van der Waals surface area contributed by atoms with Crippen molar-refractivity contribution in [3.8, 4) is 0 Å². The molecule has 13 heavy (non-hydrogen) atoms. The lowest BCUT2D eigenvalue weighted by atomic mass is 10.4. The summed E-state index contributed by atoms with van der Waals surface area (Å²) < 4.78 is 1.38. The molecule has 2 rings (SSSR count). The number of aromatic nitrogens is 1. The standard InChI is InChI=1S/C10H11NS2/c1-2-6-12-9-7-8-4-3-5-11-10(8)13-9/h3-5,7H,2,6H2,1H3. The second kappa shape index (κ2) is 4.11. The van der Waals surface area contributed by atoms with Crippen molar-refractivity contribution in [3.63, 3.8) is 0 Å². The van der Waals surface area contributed by atoms with Crippen LogP contribution in [0, 0.1) is 0 Å². The van der Waals surface area contributed by atoms with Crippen LogP contribution >= 0.6 is 23.1 Å². The van der Waals surface area contributed by atoms with Crippen LogP contribution < -0.4 is 0 Å². The molecule has 1 nitrogen and oxygen atoms in total. The summed E-state index contributed by atoms with van der Waals surface area (Å²) in [7, 11) is 0. The van der Waals surface area contributed by atoms with E-state index in [2.05, 4.69) is 24.0 Å². The van der Waals surface area contributed by atoms with Crippen molar-refractivity contribution in [1.29, 1.82) is 0 Å². The van der Waals surface area contributed by atoms with Crippen LogP contribution in [0.25, 0.3) is 10.2 Å². The zero-order valence-corrected chi connectivity index (χ0v) is 9.12. The molecule has 2 aromatic heterocycles. The van der Waals surface area contributed by atoms with Crippen LogP contribution in [0.15, 0.2) is 28.6 Å². The first-order valence-corrected chi connectivity index (χ1v) is 6.17. The Morgan fingerprint density at radius 2 is 2.46 bits per heavy atom. The van der Waals surface area contributed by atoms with Gasteiger partial charge in [0.1, 0.15) is 4.83 Å². The second-order valence-electron chi connectivity index (χ2n) is 2.81. The highest BCUT2D eigenvalue weighted by Crippen LogP contribution is 2.31. The van der Waals surface area contributed by atoms with Gasteiger partial charge in [-0.15, -0.1) is 23.1 Å². The monoisotopic (exact) mass is 209 g/mol. The van der Waals surface area contributed by atoms with Crippen molar-refractivity contribution in [1.82, 2.24) is 4.98 Å². The molecule has 3 heteroatoms. The number of hydrogen-bond acceptors (Lipinski definition) is 3. The normalized spacial score (nSPS) is 10.8. The lowest BCUT2D eigenvalue weighted by Crippen LogP contribution is -1.68. The summed E-state index contributed by atoms with van der Waals surface area (Å²) in [5, 5.41) is 1.27. The number of fused-ring (bicyclic) bond motifs is 1. The highest BCUT2D eigenvalue weighted by atomic mass is 32.2. The van der Waals surface area contributed by atoms with Crippen molar-refractivity contribution < 1.29 is 0 Å². The quantitative estimate of drug-likeness (QED) is 0.713. The molecule has 0 saturated carbocycles. The molecule has 0 radical (unpaired) electrons.